The van der Waals surface area contributed by atoms with Gasteiger partial charge in [0.25, 0.3) is 11.8 Å². The van der Waals surface area contributed by atoms with Gasteiger partial charge in [0, 0.05) is 57.6 Å². The summed E-state index contributed by atoms with van der Waals surface area (Å²) < 4.78 is 74.4. The van der Waals surface area contributed by atoms with Crippen molar-refractivity contribution in [1.82, 2.24) is 40.0 Å². The molecule has 0 saturated carbocycles. The van der Waals surface area contributed by atoms with Crippen molar-refractivity contribution in [2.45, 2.75) is 74.9 Å². The second kappa shape index (κ2) is 17.3. The number of rotatable bonds is 13. The first kappa shape index (κ1) is 43.6. The number of hydrogen-bond donors (Lipinski definition) is 4. The Morgan fingerprint density at radius 2 is 1.17 bits per heavy atom. The maximum atomic E-state index is 14.8. The number of benzene rings is 2. The first-order valence-electron chi connectivity index (χ1n) is 18.9. The number of halogens is 4. The summed E-state index contributed by atoms with van der Waals surface area (Å²) in [5.74, 6) is -7.77. The third-order valence-electron chi connectivity index (χ3n) is 11.0. The first-order valence-corrected chi connectivity index (χ1v) is 18.9. The van der Waals surface area contributed by atoms with Gasteiger partial charge in [-0.1, -0.05) is 48.5 Å². The molecule has 0 radical (unpaired) electrons. The summed E-state index contributed by atoms with van der Waals surface area (Å²) in [5.41, 5.74) is 3.90. The minimum Gasteiger partial charge on any atom is -0.465 e. The van der Waals surface area contributed by atoms with Gasteiger partial charge in [0.15, 0.2) is 0 Å². The Morgan fingerprint density at radius 1 is 0.750 bits per heavy atom. The number of aromatic nitrogens is 4. The molecule has 4 amide bonds. The molecule has 2 aromatic heterocycles. The average molecular weight is 843 g/mol. The molecule has 6 rings (SSSR count). The maximum Gasteiger partial charge on any atom is 0.407 e. The number of imidazole rings is 2. The van der Waals surface area contributed by atoms with E-state index in [0.29, 0.717) is 22.5 Å². The average Bonchev–Trinajstić information content (AvgIpc) is 4.04. The lowest BCUT2D eigenvalue weighted by Gasteiger charge is -2.34. The number of nitrogens with zero attached hydrogens (tertiary/aromatic N) is 5. The Bertz CT molecular complexity index is 2180. The molecule has 2 aliphatic heterocycles. The third kappa shape index (κ3) is 9.08. The summed E-state index contributed by atoms with van der Waals surface area (Å²) in [7, 11) is 4.93. The molecule has 1 unspecified atom stereocenters. The largest absolute Gasteiger partial charge is 0.465 e. The van der Waals surface area contributed by atoms with Gasteiger partial charge in [-0.2, -0.15) is 0 Å². The van der Waals surface area contributed by atoms with E-state index < -0.39 is 98.2 Å². The molecule has 0 aliphatic carbocycles. The van der Waals surface area contributed by atoms with Gasteiger partial charge in [-0.3, -0.25) is 14.5 Å². The van der Waals surface area contributed by atoms with E-state index in [0.717, 1.165) is 32.9 Å². The molecule has 2 fully saturated rings. The summed E-state index contributed by atoms with van der Waals surface area (Å²) in [5, 5.41) is 11.9. The minimum atomic E-state index is -3.24. The van der Waals surface area contributed by atoms with Gasteiger partial charge in [0.05, 0.1) is 55.9 Å². The molecule has 4 aromatic rings. The normalized spacial score (nSPS) is 20.3. The van der Waals surface area contributed by atoms with E-state index in [1.807, 2.05) is 36.4 Å². The van der Waals surface area contributed by atoms with Crippen LogP contribution in [-0.4, -0.2) is 141 Å². The molecule has 16 nitrogen and oxygen atoms in total. The number of H-pyrrole nitrogens is 2. The molecule has 60 heavy (non-hydrogen) atoms. The number of nitrogens with one attached hydrogen (secondary N) is 3. The summed E-state index contributed by atoms with van der Waals surface area (Å²) in [4.78, 5) is 68.6. The number of amides is 4. The Hall–Kier alpha value is -6.02. The number of carbonyl (C=O) groups excluding carboxylic acids is 3. The molecule has 6 atom stereocenters. The van der Waals surface area contributed by atoms with E-state index in [-0.39, 0.29) is 11.6 Å². The van der Waals surface area contributed by atoms with Gasteiger partial charge in [-0.25, -0.2) is 37.1 Å². The van der Waals surface area contributed by atoms with Gasteiger partial charge in [0.2, 0.25) is 11.8 Å². The molecule has 4 heterocycles. The molecule has 0 spiro atoms. The van der Waals surface area contributed by atoms with Crippen LogP contribution in [0.2, 0.25) is 0 Å². The first-order chi connectivity index (χ1) is 28.4. The van der Waals surface area contributed by atoms with Crippen molar-refractivity contribution in [3.8, 4) is 33.6 Å². The smallest absolute Gasteiger partial charge is 0.407 e. The lowest BCUT2D eigenvalue weighted by atomic mass is 10.0. The molecule has 20 heteroatoms. The summed E-state index contributed by atoms with van der Waals surface area (Å²) in [6.07, 6.45) is -2.36. The zero-order chi connectivity index (χ0) is 43.7. The number of carbonyl (C=O) groups is 4. The highest BCUT2D eigenvalue weighted by atomic mass is 19.3. The van der Waals surface area contributed by atoms with Crippen LogP contribution < -0.4 is 5.32 Å². The number of aromatic amines is 2. The molecule has 322 valence electrons. The lowest BCUT2D eigenvalue weighted by molar-refractivity contribution is -0.142. The lowest BCUT2D eigenvalue weighted by Crippen LogP contribution is -2.54. The third-order valence-corrected chi connectivity index (χ3v) is 11.0. The van der Waals surface area contributed by atoms with Gasteiger partial charge >= 0.3 is 12.2 Å². The Balaban J connectivity index is 1.16. The summed E-state index contributed by atoms with van der Waals surface area (Å²) in [6.45, 7) is 1.23. The van der Waals surface area contributed by atoms with Crippen molar-refractivity contribution in [3.05, 3.63) is 72.6 Å². The van der Waals surface area contributed by atoms with Crippen LogP contribution >= 0.6 is 0 Å². The van der Waals surface area contributed by atoms with E-state index in [2.05, 4.69) is 30.0 Å². The fourth-order valence-electron chi connectivity index (χ4n) is 7.54. The van der Waals surface area contributed by atoms with Crippen LogP contribution in [0.1, 0.15) is 50.4 Å². The standard InChI is InChI=1S/C40H46F4N8O8/c1-21(58-4)31(49-37(55)60-6)35(53)51-19-39(41,42)15-29(51)33-45-17-27(47-33)25-11-7-23(8-12-25)24-9-13-26(14-10-24)28-18-46-34(48-28)30-16-40(43,44)20-52(30)36(54)32(22(2)59-5)50(3)38(56)57/h7-14,17-18,21-22,29-32H,15-16,19-20H2,1-6H3,(H,45,47)(H,46,48)(H,49,55)(H,56,57)/t21?,22-,29+,30+,31+,32+/m1/s1. The maximum absolute atomic E-state index is 14.8. The quantitative estimate of drug-likeness (QED) is 0.121. The van der Waals surface area contributed by atoms with Gasteiger partial charge < -0.3 is 44.4 Å². The van der Waals surface area contributed by atoms with Crippen molar-refractivity contribution < 1.29 is 56.1 Å². The van der Waals surface area contributed by atoms with Crippen molar-refractivity contribution in [3.63, 3.8) is 0 Å². The number of alkyl carbamates (subject to hydrolysis) is 1. The predicted octanol–water partition coefficient (Wildman–Crippen LogP) is 5.72. The van der Waals surface area contributed by atoms with E-state index >= 15 is 0 Å². The molecule has 2 aliphatic rings. The molecule has 2 saturated heterocycles. The van der Waals surface area contributed by atoms with Crippen LogP contribution in [-0.2, 0) is 23.8 Å². The van der Waals surface area contributed by atoms with Crippen molar-refractivity contribution >= 4 is 24.0 Å². The SMILES string of the molecule is COC(=O)N[C@H](C(=O)N1CC(F)(F)C[C@H]1c1nc(-c2ccc(-c3ccc(-c4c[nH]c([C@@H]5CC(F)(F)CN5C(=O)[C@H]([C@@H](C)OC)N(C)C(=O)O)n4)cc3)cc2)c[nH]1)C(C)OC. The van der Waals surface area contributed by atoms with E-state index in [9.17, 15) is 41.8 Å². The fourth-order valence-corrected chi connectivity index (χ4v) is 7.54. The zero-order valence-electron chi connectivity index (χ0n) is 33.6. The highest BCUT2D eigenvalue weighted by Crippen LogP contribution is 2.43. The fraction of sp³-hybridized carbons (Fsp3) is 0.450. The van der Waals surface area contributed by atoms with Gasteiger partial charge in [-0.15, -0.1) is 0 Å². The highest BCUT2D eigenvalue weighted by Gasteiger charge is 2.52. The van der Waals surface area contributed by atoms with Crippen LogP contribution in [0.25, 0.3) is 33.6 Å². The number of methoxy groups -OCH3 is 3. The second-order valence-corrected chi connectivity index (χ2v) is 14.9. The monoisotopic (exact) mass is 842 g/mol. The summed E-state index contributed by atoms with van der Waals surface area (Å²) >= 11 is 0. The number of carboxylic acid groups (broad SMARTS) is 1. The second-order valence-electron chi connectivity index (χ2n) is 14.9. The zero-order valence-corrected chi connectivity index (χ0v) is 33.6. The number of alkyl halides is 4. The predicted molar refractivity (Wildman–Crippen MR) is 207 cm³/mol. The molecule has 4 N–H and O–H groups in total. The molecular formula is C40H46F4N8O8. The van der Waals surface area contributed by atoms with E-state index in [1.54, 1.807) is 24.5 Å². The Labute approximate surface area is 342 Å². The molecule has 0 bridgehead atoms. The van der Waals surface area contributed by atoms with Gasteiger partial charge in [-0.05, 0) is 25.0 Å². The number of likely N-dealkylation sites (tertiary alicyclic amines) is 2. The van der Waals surface area contributed by atoms with Crippen LogP contribution in [0.5, 0.6) is 0 Å². The van der Waals surface area contributed by atoms with E-state index in [4.69, 9.17) is 9.47 Å². The Kier molecular flexibility index (Phi) is 12.6. The number of hydrogen-bond acceptors (Lipinski definition) is 9. The van der Waals surface area contributed by atoms with Crippen LogP contribution in [0.3, 0.4) is 0 Å². The number of ether oxygens (including phenoxy) is 3. The minimum absolute atomic E-state index is 0.125. The van der Waals surface area contributed by atoms with Crippen molar-refractivity contribution in [2.24, 2.45) is 0 Å². The highest BCUT2D eigenvalue weighted by molar-refractivity contribution is 5.87. The summed E-state index contributed by atoms with van der Waals surface area (Å²) in [6, 6.07) is 9.71. The van der Waals surface area contributed by atoms with E-state index in [1.165, 1.54) is 35.1 Å². The van der Waals surface area contributed by atoms with Gasteiger partial charge in [0.1, 0.15) is 23.7 Å². The van der Waals surface area contributed by atoms with Crippen LogP contribution in [0.15, 0.2) is 60.9 Å². The Morgan fingerprint density at radius 3 is 1.57 bits per heavy atom. The molecular weight excluding hydrogens is 796 g/mol. The van der Waals surface area contributed by atoms with Crippen LogP contribution in [0.4, 0.5) is 27.2 Å². The van der Waals surface area contributed by atoms with Crippen molar-refractivity contribution in [1.29, 1.82) is 0 Å². The number of likely N-dealkylation sites (N-methyl/N-ethyl adjacent to an activating group) is 1. The van der Waals surface area contributed by atoms with Crippen LogP contribution in [0, 0.1) is 0 Å². The topological polar surface area (TPSA) is 195 Å². The van der Waals surface area contributed by atoms with Crippen molar-refractivity contribution in [2.75, 3.05) is 41.5 Å². The molecule has 2 aromatic carbocycles.